The van der Waals surface area contributed by atoms with Crippen LogP contribution < -0.4 is 10.2 Å². The molecule has 6 heteroatoms. The normalized spacial score (nSPS) is 9.96. The van der Waals surface area contributed by atoms with Gasteiger partial charge in [0.15, 0.2) is 0 Å². The molecule has 0 saturated heterocycles. The molecule has 2 aromatic rings. The minimum absolute atomic E-state index is 0.163. The molecule has 5 nitrogen and oxygen atoms in total. The first-order valence-electron chi connectivity index (χ1n) is 7.79. The van der Waals surface area contributed by atoms with Crippen LogP contribution in [0.25, 0.3) is 0 Å². The number of amides is 2. The zero-order chi connectivity index (χ0) is 18.2. The number of hydrogen-bond donors (Lipinski definition) is 1. The Balaban J connectivity index is 1.92. The lowest BCUT2D eigenvalue weighted by molar-refractivity contribution is -0.121. The van der Waals surface area contributed by atoms with Gasteiger partial charge >= 0.3 is 0 Å². The Morgan fingerprint density at radius 3 is 2.44 bits per heavy atom. The SMILES string of the molecule is CC(=O)N(CCC(=O)NCc1ccccc1Cl)c1ccc(C#N)cc1. The van der Waals surface area contributed by atoms with Crippen molar-refractivity contribution >= 4 is 29.1 Å². The smallest absolute Gasteiger partial charge is 0.223 e. The van der Waals surface area contributed by atoms with Crippen molar-refractivity contribution in [3.8, 4) is 6.07 Å². The Morgan fingerprint density at radius 1 is 1.16 bits per heavy atom. The van der Waals surface area contributed by atoms with Crippen molar-refractivity contribution in [3.05, 3.63) is 64.7 Å². The molecule has 0 aromatic heterocycles. The maximum atomic E-state index is 12.1. The van der Waals surface area contributed by atoms with Crippen LogP contribution in [0.15, 0.2) is 48.5 Å². The van der Waals surface area contributed by atoms with Gasteiger partial charge in [0.05, 0.1) is 11.6 Å². The predicted octanol–water partition coefficient (Wildman–Crippen LogP) is 3.27. The highest BCUT2D eigenvalue weighted by molar-refractivity contribution is 6.31. The molecule has 25 heavy (non-hydrogen) atoms. The third-order valence-corrected chi connectivity index (χ3v) is 4.05. The van der Waals surface area contributed by atoms with Gasteiger partial charge in [0.1, 0.15) is 0 Å². The molecule has 2 amide bonds. The summed E-state index contributed by atoms with van der Waals surface area (Å²) in [5.74, 6) is -0.330. The van der Waals surface area contributed by atoms with Gasteiger partial charge in [-0.25, -0.2) is 0 Å². The molecule has 0 aliphatic rings. The minimum Gasteiger partial charge on any atom is -0.352 e. The first-order chi connectivity index (χ1) is 12.0. The third-order valence-electron chi connectivity index (χ3n) is 3.68. The molecule has 0 saturated carbocycles. The average Bonchev–Trinajstić information content (AvgIpc) is 2.61. The van der Waals surface area contributed by atoms with Crippen LogP contribution in [-0.2, 0) is 16.1 Å². The molecular weight excluding hydrogens is 338 g/mol. The molecule has 0 unspecified atom stereocenters. The quantitative estimate of drug-likeness (QED) is 0.864. The highest BCUT2D eigenvalue weighted by atomic mass is 35.5. The number of rotatable bonds is 6. The molecule has 128 valence electrons. The zero-order valence-electron chi connectivity index (χ0n) is 13.8. The Bertz CT molecular complexity index is 797. The number of halogens is 1. The molecule has 0 aliphatic heterocycles. The fourth-order valence-electron chi connectivity index (χ4n) is 2.32. The lowest BCUT2D eigenvalue weighted by atomic mass is 10.2. The van der Waals surface area contributed by atoms with E-state index in [1.165, 1.54) is 11.8 Å². The van der Waals surface area contributed by atoms with Gasteiger partial charge in [-0.15, -0.1) is 0 Å². The Labute approximate surface area is 151 Å². The summed E-state index contributed by atoms with van der Waals surface area (Å²) in [7, 11) is 0. The number of nitrogens with one attached hydrogen (secondary N) is 1. The summed E-state index contributed by atoms with van der Waals surface area (Å²) in [6, 6.07) is 16.0. The second kappa shape index (κ2) is 8.86. The first kappa shape index (κ1) is 18.5. The molecule has 2 rings (SSSR count). The van der Waals surface area contributed by atoms with E-state index in [4.69, 9.17) is 16.9 Å². The standard InChI is InChI=1S/C19H18ClN3O2/c1-14(24)23(17-8-6-15(12-21)7-9-17)11-10-19(25)22-13-16-4-2-3-5-18(16)20/h2-9H,10-11,13H2,1H3,(H,22,25). The number of benzene rings is 2. The van der Waals surface area contributed by atoms with E-state index in [-0.39, 0.29) is 24.8 Å². The van der Waals surface area contributed by atoms with Crippen LogP contribution in [0.2, 0.25) is 5.02 Å². The Hall–Kier alpha value is -2.84. The van der Waals surface area contributed by atoms with Crippen molar-refractivity contribution in [2.75, 3.05) is 11.4 Å². The van der Waals surface area contributed by atoms with Crippen molar-refractivity contribution in [1.82, 2.24) is 5.32 Å². The van der Waals surface area contributed by atoms with Crippen molar-refractivity contribution in [2.45, 2.75) is 19.9 Å². The van der Waals surface area contributed by atoms with Crippen LogP contribution in [0.1, 0.15) is 24.5 Å². The predicted molar refractivity (Wildman–Crippen MR) is 97.1 cm³/mol. The summed E-state index contributed by atoms with van der Waals surface area (Å²) >= 11 is 6.05. The molecule has 0 heterocycles. The van der Waals surface area contributed by atoms with E-state index in [1.54, 1.807) is 30.3 Å². The lowest BCUT2D eigenvalue weighted by Crippen LogP contribution is -2.33. The zero-order valence-corrected chi connectivity index (χ0v) is 14.6. The second-order valence-electron chi connectivity index (χ2n) is 5.45. The van der Waals surface area contributed by atoms with Crippen LogP contribution in [0.3, 0.4) is 0 Å². The number of carbonyl (C=O) groups excluding carboxylic acids is 2. The van der Waals surface area contributed by atoms with Crippen molar-refractivity contribution in [2.24, 2.45) is 0 Å². The third kappa shape index (κ3) is 5.33. The Kier molecular flexibility index (Phi) is 6.55. The molecule has 0 radical (unpaired) electrons. The van der Waals surface area contributed by atoms with Gasteiger partial charge in [0.25, 0.3) is 0 Å². The topological polar surface area (TPSA) is 73.2 Å². The molecule has 0 atom stereocenters. The molecule has 0 spiro atoms. The van der Waals surface area contributed by atoms with Crippen LogP contribution in [0, 0.1) is 11.3 Å². The molecular formula is C19H18ClN3O2. The van der Waals surface area contributed by atoms with E-state index < -0.39 is 0 Å². The number of anilines is 1. The van der Waals surface area contributed by atoms with Crippen molar-refractivity contribution < 1.29 is 9.59 Å². The Morgan fingerprint density at radius 2 is 1.84 bits per heavy atom. The van der Waals surface area contributed by atoms with E-state index in [9.17, 15) is 9.59 Å². The second-order valence-corrected chi connectivity index (χ2v) is 5.85. The molecule has 2 aromatic carbocycles. The fraction of sp³-hybridized carbons (Fsp3) is 0.211. The molecule has 0 bridgehead atoms. The van der Waals surface area contributed by atoms with Gasteiger partial charge in [-0.2, -0.15) is 5.26 Å². The largest absolute Gasteiger partial charge is 0.352 e. The van der Waals surface area contributed by atoms with Gasteiger partial charge in [0.2, 0.25) is 11.8 Å². The van der Waals surface area contributed by atoms with Crippen LogP contribution in [0.4, 0.5) is 5.69 Å². The summed E-state index contributed by atoms with van der Waals surface area (Å²) < 4.78 is 0. The summed E-state index contributed by atoms with van der Waals surface area (Å²) in [5, 5.41) is 12.2. The maximum Gasteiger partial charge on any atom is 0.223 e. The number of nitrogens with zero attached hydrogens (tertiary/aromatic N) is 2. The van der Waals surface area contributed by atoms with Gasteiger partial charge in [-0.3, -0.25) is 9.59 Å². The summed E-state index contributed by atoms with van der Waals surface area (Å²) in [4.78, 5) is 25.4. The molecule has 0 aliphatic carbocycles. The number of carbonyl (C=O) groups is 2. The monoisotopic (exact) mass is 355 g/mol. The molecule has 1 N–H and O–H groups in total. The average molecular weight is 356 g/mol. The van der Waals surface area contributed by atoms with Gasteiger partial charge in [-0.1, -0.05) is 29.8 Å². The van der Waals surface area contributed by atoms with Crippen molar-refractivity contribution in [1.29, 1.82) is 5.26 Å². The lowest BCUT2D eigenvalue weighted by Gasteiger charge is -2.21. The van der Waals surface area contributed by atoms with E-state index in [0.29, 0.717) is 22.8 Å². The summed E-state index contributed by atoms with van der Waals surface area (Å²) in [6.07, 6.45) is 0.171. The van der Waals surface area contributed by atoms with E-state index >= 15 is 0 Å². The summed E-state index contributed by atoms with van der Waals surface area (Å²) in [6.45, 7) is 2.05. The van der Waals surface area contributed by atoms with Gasteiger partial charge < -0.3 is 10.2 Å². The maximum absolute atomic E-state index is 12.1. The fourth-order valence-corrected chi connectivity index (χ4v) is 2.52. The highest BCUT2D eigenvalue weighted by Crippen LogP contribution is 2.16. The number of hydrogen-bond acceptors (Lipinski definition) is 3. The first-order valence-corrected chi connectivity index (χ1v) is 8.17. The summed E-state index contributed by atoms with van der Waals surface area (Å²) in [5.41, 5.74) is 2.02. The van der Waals surface area contributed by atoms with E-state index in [0.717, 1.165) is 5.56 Å². The van der Waals surface area contributed by atoms with Crippen LogP contribution in [-0.4, -0.2) is 18.4 Å². The van der Waals surface area contributed by atoms with Crippen LogP contribution >= 0.6 is 11.6 Å². The van der Waals surface area contributed by atoms with Crippen LogP contribution in [0.5, 0.6) is 0 Å². The minimum atomic E-state index is -0.167. The number of nitriles is 1. The van der Waals surface area contributed by atoms with E-state index in [2.05, 4.69) is 5.32 Å². The van der Waals surface area contributed by atoms with Gasteiger partial charge in [0, 0.05) is 37.1 Å². The van der Waals surface area contributed by atoms with Gasteiger partial charge in [-0.05, 0) is 35.9 Å². The van der Waals surface area contributed by atoms with Crippen molar-refractivity contribution in [3.63, 3.8) is 0 Å². The van der Waals surface area contributed by atoms with E-state index in [1.807, 2.05) is 24.3 Å². The highest BCUT2D eigenvalue weighted by Gasteiger charge is 2.13. The molecule has 0 fully saturated rings.